The second kappa shape index (κ2) is 10.1. The van der Waals surface area contributed by atoms with Crippen molar-refractivity contribution in [3.05, 3.63) is 54.1 Å². The van der Waals surface area contributed by atoms with Gasteiger partial charge >= 0.3 is 0 Å². The fraction of sp³-hybridized carbons (Fsp3) is 0.409. The van der Waals surface area contributed by atoms with Crippen LogP contribution in [0.3, 0.4) is 0 Å². The van der Waals surface area contributed by atoms with Crippen LogP contribution in [0.5, 0.6) is 5.75 Å². The number of amides is 1. The van der Waals surface area contributed by atoms with E-state index in [0.29, 0.717) is 38.5 Å². The van der Waals surface area contributed by atoms with Crippen LogP contribution in [0.4, 0.5) is 5.69 Å². The second-order valence-electron chi connectivity index (χ2n) is 7.19. The average Bonchev–Trinajstić information content (AvgIpc) is 2.75. The van der Waals surface area contributed by atoms with Crippen molar-refractivity contribution in [1.82, 2.24) is 9.21 Å². The molecule has 1 fully saturated rings. The van der Waals surface area contributed by atoms with Gasteiger partial charge in [0.05, 0.1) is 18.0 Å². The Kier molecular flexibility index (Phi) is 7.47. The number of benzene rings is 2. The first-order valence-electron chi connectivity index (χ1n) is 10.3. The van der Waals surface area contributed by atoms with Crippen molar-refractivity contribution in [2.45, 2.75) is 25.2 Å². The fourth-order valence-corrected chi connectivity index (χ4v) is 4.85. The highest BCUT2D eigenvalue weighted by Gasteiger charge is 2.29. The molecule has 0 aromatic heterocycles. The van der Waals surface area contributed by atoms with E-state index in [1.165, 1.54) is 9.87 Å². The highest BCUT2D eigenvalue weighted by Crippen LogP contribution is 2.21. The van der Waals surface area contributed by atoms with Crippen LogP contribution in [0.25, 0.3) is 0 Å². The molecular weight excluding hydrogens is 402 g/mol. The Bertz CT molecular complexity index is 953. The molecule has 1 N–H and O–H groups in total. The van der Waals surface area contributed by atoms with Crippen LogP contribution in [0.1, 0.15) is 19.4 Å². The summed E-state index contributed by atoms with van der Waals surface area (Å²) in [5, 5.41) is 2.92. The van der Waals surface area contributed by atoms with Crippen molar-refractivity contribution in [2.24, 2.45) is 0 Å². The molecule has 0 saturated carbocycles. The first kappa shape index (κ1) is 22.3. The molecule has 3 rings (SSSR count). The molecule has 0 spiro atoms. The maximum atomic E-state index is 12.9. The number of sulfonamides is 1. The highest BCUT2D eigenvalue weighted by atomic mass is 32.2. The van der Waals surface area contributed by atoms with Crippen molar-refractivity contribution in [3.8, 4) is 5.75 Å². The van der Waals surface area contributed by atoms with Crippen LogP contribution in [0, 0.1) is 0 Å². The van der Waals surface area contributed by atoms with Gasteiger partial charge in [0.1, 0.15) is 5.75 Å². The van der Waals surface area contributed by atoms with Gasteiger partial charge in [0.15, 0.2) is 0 Å². The van der Waals surface area contributed by atoms with E-state index >= 15 is 0 Å². The number of hydrogen-bond acceptors (Lipinski definition) is 5. The van der Waals surface area contributed by atoms with Gasteiger partial charge in [0.25, 0.3) is 0 Å². The molecule has 1 aliphatic rings. The molecular formula is C22H29N3O4S. The Hall–Kier alpha value is -2.42. The molecule has 0 aliphatic carbocycles. The maximum Gasteiger partial charge on any atom is 0.243 e. The van der Waals surface area contributed by atoms with Gasteiger partial charge < -0.3 is 10.1 Å². The Morgan fingerprint density at radius 2 is 1.73 bits per heavy atom. The van der Waals surface area contributed by atoms with Crippen LogP contribution in [0.15, 0.2) is 53.4 Å². The summed E-state index contributed by atoms with van der Waals surface area (Å²) in [7, 11) is -3.55. The molecule has 0 atom stereocenters. The third-order valence-corrected chi connectivity index (χ3v) is 7.00. The Labute approximate surface area is 178 Å². The Balaban J connectivity index is 1.52. The molecule has 7 nitrogen and oxygen atoms in total. The normalized spacial score (nSPS) is 15.7. The van der Waals surface area contributed by atoms with Gasteiger partial charge in [-0.3, -0.25) is 9.69 Å². The summed E-state index contributed by atoms with van der Waals surface area (Å²) < 4.78 is 32.6. The number of nitrogens with zero attached hydrogens (tertiary/aromatic N) is 2. The number of carbonyl (C=O) groups is 1. The van der Waals surface area contributed by atoms with Gasteiger partial charge in [-0.25, -0.2) is 8.42 Å². The molecule has 8 heteroatoms. The molecule has 0 bridgehead atoms. The molecule has 0 radical (unpaired) electrons. The molecule has 1 saturated heterocycles. The lowest BCUT2D eigenvalue weighted by Gasteiger charge is -2.33. The lowest BCUT2D eigenvalue weighted by Crippen LogP contribution is -2.50. The number of rotatable bonds is 8. The van der Waals surface area contributed by atoms with E-state index in [-0.39, 0.29) is 17.3 Å². The number of aryl methyl sites for hydroxylation is 1. The van der Waals surface area contributed by atoms with Crippen molar-refractivity contribution in [1.29, 1.82) is 0 Å². The first-order valence-corrected chi connectivity index (χ1v) is 11.7. The molecule has 2 aromatic carbocycles. The third kappa shape index (κ3) is 5.59. The minimum atomic E-state index is -3.55. The van der Waals surface area contributed by atoms with Gasteiger partial charge in [-0.15, -0.1) is 0 Å². The van der Waals surface area contributed by atoms with Crippen LogP contribution >= 0.6 is 0 Å². The van der Waals surface area contributed by atoms with Crippen molar-refractivity contribution in [2.75, 3.05) is 44.6 Å². The Morgan fingerprint density at radius 3 is 2.37 bits per heavy atom. The Morgan fingerprint density at radius 1 is 1.03 bits per heavy atom. The van der Waals surface area contributed by atoms with Crippen molar-refractivity contribution >= 4 is 21.6 Å². The molecule has 0 unspecified atom stereocenters. The van der Waals surface area contributed by atoms with Gasteiger partial charge in [0, 0.05) is 31.9 Å². The standard InChI is InChI=1S/C22H29N3O4S/c1-3-18-6-5-7-19(16-18)23-22(26)17-24-12-14-25(15-13-24)30(27,28)21-10-8-20(9-11-21)29-4-2/h5-11,16H,3-4,12-15,17H2,1-2H3,(H,23,26). The second-order valence-corrected chi connectivity index (χ2v) is 9.12. The number of piperazine rings is 1. The van der Waals surface area contributed by atoms with E-state index < -0.39 is 10.0 Å². The van der Waals surface area contributed by atoms with Crippen LogP contribution in [-0.4, -0.2) is 62.9 Å². The zero-order valence-corrected chi connectivity index (χ0v) is 18.3. The van der Waals surface area contributed by atoms with E-state index in [9.17, 15) is 13.2 Å². The predicted octanol–water partition coefficient (Wildman–Crippen LogP) is 2.59. The van der Waals surface area contributed by atoms with Gasteiger partial charge in [0.2, 0.25) is 15.9 Å². The highest BCUT2D eigenvalue weighted by molar-refractivity contribution is 7.89. The summed E-state index contributed by atoms with van der Waals surface area (Å²) in [5.41, 5.74) is 1.96. The zero-order chi connectivity index (χ0) is 21.6. The van der Waals surface area contributed by atoms with Gasteiger partial charge in [-0.1, -0.05) is 19.1 Å². The number of hydrogen-bond donors (Lipinski definition) is 1. The van der Waals surface area contributed by atoms with Crippen LogP contribution < -0.4 is 10.1 Å². The summed E-state index contributed by atoms with van der Waals surface area (Å²) in [6.07, 6.45) is 0.911. The van der Waals surface area contributed by atoms with Gasteiger partial charge in [-0.2, -0.15) is 4.31 Å². The molecule has 162 valence electrons. The lowest BCUT2D eigenvalue weighted by atomic mass is 10.1. The maximum absolute atomic E-state index is 12.9. The summed E-state index contributed by atoms with van der Waals surface area (Å²) in [6, 6.07) is 14.3. The van der Waals surface area contributed by atoms with E-state index in [1.54, 1.807) is 24.3 Å². The third-order valence-electron chi connectivity index (χ3n) is 5.09. The summed E-state index contributed by atoms with van der Waals surface area (Å²) in [6.45, 7) is 6.47. The number of carbonyl (C=O) groups excluding carboxylic acids is 1. The quantitative estimate of drug-likeness (QED) is 0.695. The summed E-state index contributed by atoms with van der Waals surface area (Å²) in [4.78, 5) is 14.6. The summed E-state index contributed by atoms with van der Waals surface area (Å²) in [5.74, 6) is 0.558. The number of nitrogens with one attached hydrogen (secondary N) is 1. The van der Waals surface area contributed by atoms with E-state index in [2.05, 4.69) is 12.2 Å². The van der Waals surface area contributed by atoms with E-state index in [1.807, 2.05) is 36.1 Å². The first-order chi connectivity index (χ1) is 14.4. The van der Waals surface area contributed by atoms with Gasteiger partial charge in [-0.05, 0) is 55.3 Å². The lowest BCUT2D eigenvalue weighted by molar-refractivity contribution is -0.117. The van der Waals surface area contributed by atoms with Crippen LogP contribution in [-0.2, 0) is 21.2 Å². The van der Waals surface area contributed by atoms with E-state index in [4.69, 9.17) is 4.74 Å². The van der Waals surface area contributed by atoms with Crippen LogP contribution in [0.2, 0.25) is 0 Å². The predicted molar refractivity (Wildman–Crippen MR) is 117 cm³/mol. The minimum absolute atomic E-state index is 0.0916. The number of ether oxygens (including phenoxy) is 1. The molecule has 2 aromatic rings. The zero-order valence-electron chi connectivity index (χ0n) is 17.5. The van der Waals surface area contributed by atoms with Crippen molar-refractivity contribution < 1.29 is 17.9 Å². The molecule has 1 amide bonds. The van der Waals surface area contributed by atoms with E-state index in [0.717, 1.165) is 12.1 Å². The number of anilines is 1. The fourth-order valence-electron chi connectivity index (χ4n) is 3.42. The largest absolute Gasteiger partial charge is 0.494 e. The average molecular weight is 432 g/mol. The molecule has 30 heavy (non-hydrogen) atoms. The van der Waals surface area contributed by atoms with Crippen molar-refractivity contribution in [3.63, 3.8) is 0 Å². The molecule has 1 aliphatic heterocycles. The summed E-state index contributed by atoms with van der Waals surface area (Å²) >= 11 is 0. The minimum Gasteiger partial charge on any atom is -0.494 e. The SMILES string of the molecule is CCOc1ccc(S(=O)(=O)N2CCN(CC(=O)Nc3cccc(CC)c3)CC2)cc1. The monoisotopic (exact) mass is 431 g/mol. The molecule has 1 heterocycles. The topological polar surface area (TPSA) is 79.0 Å². The smallest absolute Gasteiger partial charge is 0.243 e.